The molecule has 0 amide bonds. The number of carboxylic acid groups (broad SMARTS) is 1. The van der Waals surface area contributed by atoms with E-state index in [0.717, 1.165) is 11.1 Å². The van der Waals surface area contributed by atoms with Gasteiger partial charge in [0.15, 0.2) is 0 Å². The largest absolute Gasteiger partial charge is 0.507 e. The van der Waals surface area contributed by atoms with Gasteiger partial charge in [-0.3, -0.25) is 4.79 Å². The van der Waals surface area contributed by atoms with Crippen LogP contribution in [0.1, 0.15) is 17.5 Å². The smallest absolute Gasteiger partial charge is 0.307 e. The number of hydrogen-bond donors (Lipinski definition) is 2. The van der Waals surface area contributed by atoms with Crippen molar-refractivity contribution in [2.75, 3.05) is 0 Å². The number of aliphatic hydroxyl groups excluding tert-OH is 1. The lowest BCUT2D eigenvalue weighted by Gasteiger charge is -1.97. The maximum atomic E-state index is 10.5. The van der Waals surface area contributed by atoms with Crippen LogP contribution in [-0.2, 0) is 11.2 Å². The Bertz CT molecular complexity index is 418. The van der Waals surface area contributed by atoms with Crippen LogP contribution in [0.3, 0.4) is 0 Å². The number of aliphatic carboxylic acids is 1. The molecule has 14 heavy (non-hydrogen) atoms. The highest BCUT2D eigenvalue weighted by Crippen LogP contribution is 2.32. The van der Waals surface area contributed by atoms with E-state index in [9.17, 15) is 9.90 Å². The van der Waals surface area contributed by atoms with Crippen molar-refractivity contribution < 1.29 is 15.0 Å². The standard InChI is InChI=1S/C11H10O3/c12-10(13)6-8-5-7-3-1-2-4-9(7)11(8)14/h1-4,14H,5-6H2,(H,12,13). The second kappa shape index (κ2) is 3.18. The fourth-order valence-electron chi connectivity index (χ4n) is 1.74. The molecule has 3 heteroatoms. The van der Waals surface area contributed by atoms with E-state index in [-0.39, 0.29) is 12.2 Å². The van der Waals surface area contributed by atoms with Gasteiger partial charge in [-0.2, -0.15) is 0 Å². The third-order valence-corrected chi connectivity index (χ3v) is 2.38. The van der Waals surface area contributed by atoms with Crippen LogP contribution in [0.2, 0.25) is 0 Å². The molecule has 3 nitrogen and oxygen atoms in total. The Morgan fingerprint density at radius 1 is 1.36 bits per heavy atom. The van der Waals surface area contributed by atoms with E-state index in [1.54, 1.807) is 6.07 Å². The predicted octanol–water partition coefficient (Wildman–Crippen LogP) is 1.99. The molecule has 0 aliphatic heterocycles. The summed E-state index contributed by atoms with van der Waals surface area (Å²) in [5, 5.41) is 18.3. The molecule has 0 atom stereocenters. The van der Waals surface area contributed by atoms with Crippen molar-refractivity contribution in [3.63, 3.8) is 0 Å². The van der Waals surface area contributed by atoms with Gasteiger partial charge < -0.3 is 10.2 Å². The van der Waals surface area contributed by atoms with Crippen LogP contribution in [0.25, 0.3) is 5.76 Å². The van der Waals surface area contributed by atoms with Crippen molar-refractivity contribution in [3.05, 3.63) is 41.0 Å². The third-order valence-electron chi connectivity index (χ3n) is 2.38. The van der Waals surface area contributed by atoms with E-state index in [4.69, 9.17) is 5.11 Å². The average Bonchev–Trinajstić information content (AvgIpc) is 2.44. The zero-order valence-electron chi connectivity index (χ0n) is 7.53. The SMILES string of the molecule is O=C(O)CC1=C(O)c2ccccc2C1. The maximum Gasteiger partial charge on any atom is 0.307 e. The number of benzene rings is 1. The summed E-state index contributed by atoms with van der Waals surface area (Å²) in [6, 6.07) is 7.43. The van der Waals surface area contributed by atoms with Crippen molar-refractivity contribution in [3.8, 4) is 0 Å². The first kappa shape index (κ1) is 8.81. The van der Waals surface area contributed by atoms with Crippen molar-refractivity contribution in [2.24, 2.45) is 0 Å². The molecule has 1 aliphatic carbocycles. The molecule has 0 fully saturated rings. The molecule has 0 bridgehead atoms. The van der Waals surface area contributed by atoms with Gasteiger partial charge in [0.2, 0.25) is 0 Å². The van der Waals surface area contributed by atoms with Crippen molar-refractivity contribution >= 4 is 11.7 Å². The number of hydrogen-bond acceptors (Lipinski definition) is 2. The molecule has 2 rings (SSSR count). The van der Waals surface area contributed by atoms with E-state index in [2.05, 4.69) is 0 Å². The van der Waals surface area contributed by atoms with Crippen molar-refractivity contribution in [1.29, 1.82) is 0 Å². The minimum absolute atomic E-state index is 0.0828. The van der Waals surface area contributed by atoms with Gasteiger partial charge in [0.25, 0.3) is 0 Å². The highest BCUT2D eigenvalue weighted by molar-refractivity contribution is 5.78. The molecule has 0 heterocycles. The molecular formula is C11H10O3. The predicted molar refractivity (Wildman–Crippen MR) is 51.9 cm³/mol. The Kier molecular flexibility index (Phi) is 2.00. The number of rotatable bonds is 2. The second-order valence-electron chi connectivity index (χ2n) is 3.36. The van der Waals surface area contributed by atoms with Crippen LogP contribution in [0.4, 0.5) is 0 Å². The highest BCUT2D eigenvalue weighted by Gasteiger charge is 2.21. The first-order chi connectivity index (χ1) is 6.68. The lowest BCUT2D eigenvalue weighted by atomic mass is 10.1. The van der Waals surface area contributed by atoms with E-state index >= 15 is 0 Å². The summed E-state index contributed by atoms with van der Waals surface area (Å²) in [6.45, 7) is 0. The van der Waals surface area contributed by atoms with E-state index in [0.29, 0.717) is 12.0 Å². The first-order valence-electron chi connectivity index (χ1n) is 4.39. The lowest BCUT2D eigenvalue weighted by molar-refractivity contribution is -0.136. The molecule has 0 radical (unpaired) electrons. The molecular weight excluding hydrogens is 180 g/mol. The Hall–Kier alpha value is -1.77. The van der Waals surface area contributed by atoms with Crippen LogP contribution in [0.5, 0.6) is 0 Å². The Balaban J connectivity index is 2.34. The minimum Gasteiger partial charge on any atom is -0.507 e. The summed E-state index contributed by atoms with van der Waals surface area (Å²) >= 11 is 0. The Morgan fingerprint density at radius 3 is 2.71 bits per heavy atom. The molecule has 0 aromatic heterocycles. The zero-order valence-corrected chi connectivity index (χ0v) is 7.53. The average molecular weight is 190 g/mol. The van der Waals surface area contributed by atoms with Crippen LogP contribution in [0.15, 0.2) is 29.8 Å². The number of aliphatic hydroxyl groups is 1. The summed E-state index contributed by atoms with van der Waals surface area (Å²) in [5.41, 5.74) is 2.36. The second-order valence-corrected chi connectivity index (χ2v) is 3.36. The van der Waals surface area contributed by atoms with Crippen LogP contribution >= 0.6 is 0 Å². The van der Waals surface area contributed by atoms with Gasteiger partial charge in [-0.05, 0) is 17.6 Å². The molecule has 72 valence electrons. The monoisotopic (exact) mass is 190 g/mol. The number of carboxylic acids is 1. The van der Waals surface area contributed by atoms with Gasteiger partial charge in [0.1, 0.15) is 5.76 Å². The van der Waals surface area contributed by atoms with Crippen LogP contribution < -0.4 is 0 Å². The summed E-state index contributed by atoms with van der Waals surface area (Å²) in [5.74, 6) is -0.762. The fraction of sp³-hybridized carbons (Fsp3) is 0.182. The molecule has 2 N–H and O–H groups in total. The van der Waals surface area contributed by atoms with E-state index in [1.807, 2.05) is 18.2 Å². The Labute approximate surface area is 81.3 Å². The van der Waals surface area contributed by atoms with Gasteiger partial charge in [-0.25, -0.2) is 0 Å². The zero-order chi connectivity index (χ0) is 10.1. The molecule has 0 spiro atoms. The molecule has 0 saturated heterocycles. The van der Waals surface area contributed by atoms with Gasteiger partial charge in [0.05, 0.1) is 6.42 Å². The first-order valence-corrected chi connectivity index (χ1v) is 4.39. The van der Waals surface area contributed by atoms with E-state index in [1.165, 1.54) is 0 Å². The summed E-state index contributed by atoms with van der Waals surface area (Å²) in [4.78, 5) is 10.5. The normalized spacial score (nSPS) is 14.3. The summed E-state index contributed by atoms with van der Waals surface area (Å²) in [7, 11) is 0. The molecule has 1 aromatic carbocycles. The molecule has 1 aliphatic rings. The quantitative estimate of drug-likeness (QED) is 0.749. The molecule has 1 aromatic rings. The topological polar surface area (TPSA) is 57.5 Å². The van der Waals surface area contributed by atoms with Gasteiger partial charge in [0, 0.05) is 5.56 Å². The highest BCUT2D eigenvalue weighted by atomic mass is 16.4. The number of fused-ring (bicyclic) bond motifs is 1. The molecule has 0 saturated carbocycles. The van der Waals surface area contributed by atoms with Crippen LogP contribution in [0, 0.1) is 0 Å². The van der Waals surface area contributed by atoms with Crippen LogP contribution in [-0.4, -0.2) is 16.2 Å². The van der Waals surface area contributed by atoms with Gasteiger partial charge in [-0.1, -0.05) is 24.3 Å². The number of carbonyl (C=O) groups is 1. The minimum atomic E-state index is -0.903. The Morgan fingerprint density at radius 2 is 2.07 bits per heavy atom. The third kappa shape index (κ3) is 1.37. The van der Waals surface area contributed by atoms with Crippen molar-refractivity contribution in [1.82, 2.24) is 0 Å². The lowest BCUT2D eigenvalue weighted by Crippen LogP contribution is -1.98. The summed E-state index contributed by atoms with van der Waals surface area (Å²) in [6.07, 6.45) is 0.467. The van der Waals surface area contributed by atoms with Gasteiger partial charge in [-0.15, -0.1) is 0 Å². The van der Waals surface area contributed by atoms with Gasteiger partial charge >= 0.3 is 5.97 Å². The molecule has 0 unspecified atom stereocenters. The summed E-state index contributed by atoms with van der Waals surface area (Å²) < 4.78 is 0. The van der Waals surface area contributed by atoms with E-state index < -0.39 is 5.97 Å². The fourth-order valence-corrected chi connectivity index (χ4v) is 1.74. The van der Waals surface area contributed by atoms with Crippen molar-refractivity contribution in [2.45, 2.75) is 12.8 Å². The maximum absolute atomic E-state index is 10.5.